The molecule has 126 valence electrons. The highest BCUT2D eigenvalue weighted by molar-refractivity contribution is 5.81. The lowest BCUT2D eigenvalue weighted by molar-refractivity contribution is -0.126. The number of nitrogens with one attached hydrogen (secondary N) is 1. The zero-order chi connectivity index (χ0) is 15.9. The van der Waals surface area contributed by atoms with Crippen LogP contribution in [0.15, 0.2) is 0 Å². The van der Waals surface area contributed by atoms with Crippen LogP contribution in [0.1, 0.15) is 58.8 Å². The van der Waals surface area contributed by atoms with E-state index in [4.69, 9.17) is 0 Å². The van der Waals surface area contributed by atoms with E-state index in [1.54, 1.807) is 0 Å². The summed E-state index contributed by atoms with van der Waals surface area (Å²) in [5.74, 6) is 0.138. The predicted octanol–water partition coefficient (Wildman–Crippen LogP) is 2.61. The summed E-state index contributed by atoms with van der Waals surface area (Å²) >= 11 is 0. The third-order valence-electron chi connectivity index (χ3n) is 5.12. The van der Waals surface area contributed by atoms with Crippen molar-refractivity contribution >= 4 is 11.9 Å². The maximum absolute atomic E-state index is 12.9. The van der Waals surface area contributed by atoms with E-state index in [9.17, 15) is 9.59 Å². The Hall–Kier alpha value is -1.26. The van der Waals surface area contributed by atoms with Crippen molar-refractivity contribution in [1.29, 1.82) is 0 Å². The van der Waals surface area contributed by atoms with Gasteiger partial charge in [-0.05, 0) is 39.5 Å². The first-order valence-corrected chi connectivity index (χ1v) is 9.02. The third kappa shape index (κ3) is 3.93. The van der Waals surface area contributed by atoms with Gasteiger partial charge < -0.3 is 15.1 Å². The molecule has 2 aliphatic rings. The van der Waals surface area contributed by atoms with E-state index in [2.05, 4.69) is 5.32 Å². The molecule has 1 aliphatic heterocycles. The van der Waals surface area contributed by atoms with Crippen LogP contribution in [0.3, 0.4) is 0 Å². The van der Waals surface area contributed by atoms with E-state index < -0.39 is 0 Å². The molecule has 1 saturated heterocycles. The molecule has 0 aromatic heterocycles. The molecule has 1 N–H and O–H groups in total. The highest BCUT2D eigenvalue weighted by Crippen LogP contribution is 2.31. The zero-order valence-corrected chi connectivity index (χ0v) is 14.1. The second kappa shape index (κ2) is 8.39. The minimum atomic E-state index is -0.0161. The van der Waals surface area contributed by atoms with Crippen LogP contribution in [0.25, 0.3) is 0 Å². The molecular formula is C17H31N3O2. The van der Waals surface area contributed by atoms with Gasteiger partial charge in [-0.15, -0.1) is 0 Å². The number of fused-ring (bicyclic) bond motifs is 1. The Kier molecular flexibility index (Phi) is 6.52. The number of carbonyl (C=O) groups excluding carboxylic acids is 2. The molecule has 1 aliphatic carbocycles. The lowest BCUT2D eigenvalue weighted by atomic mass is 10.0. The topological polar surface area (TPSA) is 52.7 Å². The number of urea groups is 1. The van der Waals surface area contributed by atoms with E-state index in [-0.39, 0.29) is 23.9 Å². The van der Waals surface area contributed by atoms with Gasteiger partial charge in [-0.3, -0.25) is 4.79 Å². The van der Waals surface area contributed by atoms with Crippen LogP contribution in [0.5, 0.6) is 0 Å². The van der Waals surface area contributed by atoms with Crippen LogP contribution in [0, 0.1) is 5.92 Å². The van der Waals surface area contributed by atoms with Crippen molar-refractivity contribution in [2.45, 2.75) is 64.8 Å². The lowest BCUT2D eigenvalue weighted by Crippen LogP contribution is -2.52. The molecule has 5 heteroatoms. The number of carbonyl (C=O) groups is 2. The van der Waals surface area contributed by atoms with Crippen molar-refractivity contribution < 1.29 is 9.59 Å². The van der Waals surface area contributed by atoms with Gasteiger partial charge in [0.25, 0.3) is 0 Å². The number of rotatable bonds is 2. The van der Waals surface area contributed by atoms with Crippen LogP contribution in [0.2, 0.25) is 0 Å². The fourth-order valence-electron chi connectivity index (χ4n) is 3.80. The van der Waals surface area contributed by atoms with Crippen LogP contribution in [-0.4, -0.2) is 54.0 Å². The first kappa shape index (κ1) is 17.1. The van der Waals surface area contributed by atoms with E-state index in [1.807, 2.05) is 23.6 Å². The number of hydrogen-bond acceptors (Lipinski definition) is 2. The summed E-state index contributed by atoms with van der Waals surface area (Å²) in [7, 11) is 0. The Bertz CT molecular complexity index is 382. The summed E-state index contributed by atoms with van der Waals surface area (Å²) < 4.78 is 0. The predicted molar refractivity (Wildman–Crippen MR) is 87.6 cm³/mol. The molecule has 1 heterocycles. The molecule has 0 aromatic carbocycles. The molecule has 0 bridgehead atoms. The molecule has 3 amide bonds. The Morgan fingerprint density at radius 3 is 2.59 bits per heavy atom. The van der Waals surface area contributed by atoms with Crippen LogP contribution in [0.4, 0.5) is 4.79 Å². The summed E-state index contributed by atoms with van der Waals surface area (Å²) in [5.41, 5.74) is 0. The van der Waals surface area contributed by atoms with Crippen molar-refractivity contribution in [2.24, 2.45) is 5.92 Å². The Morgan fingerprint density at radius 1 is 1.14 bits per heavy atom. The Labute approximate surface area is 134 Å². The number of hydrogen-bond donors (Lipinski definition) is 1. The quantitative estimate of drug-likeness (QED) is 0.852. The van der Waals surface area contributed by atoms with Gasteiger partial charge in [0.1, 0.15) is 0 Å². The first-order chi connectivity index (χ1) is 10.7. The summed E-state index contributed by atoms with van der Waals surface area (Å²) in [6.45, 7) is 7.08. The van der Waals surface area contributed by atoms with Crippen molar-refractivity contribution in [3.05, 3.63) is 0 Å². The van der Waals surface area contributed by atoms with Gasteiger partial charge in [0.2, 0.25) is 5.91 Å². The molecule has 0 spiro atoms. The first-order valence-electron chi connectivity index (χ1n) is 9.02. The van der Waals surface area contributed by atoms with Crippen molar-refractivity contribution in [1.82, 2.24) is 15.1 Å². The normalized spacial score (nSPS) is 26.8. The van der Waals surface area contributed by atoms with Gasteiger partial charge in [0.05, 0.1) is 5.92 Å². The van der Waals surface area contributed by atoms with Gasteiger partial charge in [-0.2, -0.15) is 0 Å². The van der Waals surface area contributed by atoms with Gasteiger partial charge in [-0.1, -0.05) is 19.3 Å². The van der Waals surface area contributed by atoms with Crippen LogP contribution < -0.4 is 5.32 Å². The molecule has 2 atom stereocenters. The molecule has 2 fully saturated rings. The Morgan fingerprint density at radius 2 is 1.86 bits per heavy atom. The molecule has 0 unspecified atom stereocenters. The van der Waals surface area contributed by atoms with E-state index in [1.165, 1.54) is 0 Å². The highest BCUT2D eigenvalue weighted by atomic mass is 16.2. The summed E-state index contributed by atoms with van der Waals surface area (Å²) in [6, 6.07) is 0.208. The monoisotopic (exact) mass is 309 g/mol. The minimum absolute atomic E-state index is 0.0161. The fraction of sp³-hybridized carbons (Fsp3) is 0.882. The summed E-state index contributed by atoms with van der Waals surface area (Å²) in [6.07, 6.45) is 7.28. The van der Waals surface area contributed by atoms with Crippen molar-refractivity contribution in [2.75, 3.05) is 26.2 Å². The standard InChI is InChI=1S/C17H31N3O2/c1-3-19(4-2)17(22)20-13-8-6-5-7-12-18-16(21)14-10-9-11-15(14)20/h14-15H,3-13H2,1-2H3,(H,18,21)/t14-,15+/m1/s1. The zero-order valence-electron chi connectivity index (χ0n) is 14.1. The van der Waals surface area contributed by atoms with E-state index >= 15 is 0 Å². The largest absolute Gasteiger partial charge is 0.356 e. The lowest BCUT2D eigenvalue weighted by Gasteiger charge is -2.36. The van der Waals surface area contributed by atoms with Crippen LogP contribution >= 0.6 is 0 Å². The van der Waals surface area contributed by atoms with Gasteiger partial charge in [0.15, 0.2) is 0 Å². The molecule has 5 nitrogen and oxygen atoms in total. The van der Waals surface area contributed by atoms with Gasteiger partial charge in [-0.25, -0.2) is 4.79 Å². The third-order valence-corrected chi connectivity index (χ3v) is 5.12. The number of nitrogens with zero attached hydrogens (tertiary/aromatic N) is 2. The Balaban J connectivity index is 2.18. The van der Waals surface area contributed by atoms with Crippen molar-refractivity contribution in [3.8, 4) is 0 Å². The summed E-state index contributed by atoms with van der Waals surface area (Å²) in [4.78, 5) is 29.2. The second-order valence-electron chi connectivity index (χ2n) is 6.46. The van der Waals surface area contributed by atoms with Crippen molar-refractivity contribution in [3.63, 3.8) is 0 Å². The second-order valence-corrected chi connectivity index (χ2v) is 6.46. The highest BCUT2D eigenvalue weighted by Gasteiger charge is 2.39. The SMILES string of the molecule is CCN(CC)C(=O)N1CCCCCCNC(=O)[C@@H]2CCC[C@@H]21. The van der Waals surface area contributed by atoms with Gasteiger partial charge in [0, 0.05) is 32.2 Å². The summed E-state index contributed by atoms with van der Waals surface area (Å²) in [5, 5.41) is 3.08. The molecule has 1 saturated carbocycles. The number of amides is 3. The van der Waals surface area contributed by atoms with E-state index in [0.717, 1.165) is 71.1 Å². The molecule has 22 heavy (non-hydrogen) atoms. The fourth-order valence-corrected chi connectivity index (χ4v) is 3.80. The molecule has 2 rings (SSSR count). The smallest absolute Gasteiger partial charge is 0.320 e. The van der Waals surface area contributed by atoms with E-state index in [0.29, 0.717) is 0 Å². The molecule has 0 radical (unpaired) electrons. The maximum atomic E-state index is 12.9. The molecule has 0 aromatic rings. The average molecular weight is 309 g/mol. The molecular weight excluding hydrogens is 278 g/mol. The maximum Gasteiger partial charge on any atom is 0.320 e. The van der Waals surface area contributed by atoms with Crippen LogP contribution in [-0.2, 0) is 4.79 Å². The van der Waals surface area contributed by atoms with Gasteiger partial charge >= 0.3 is 6.03 Å². The average Bonchev–Trinajstić information content (AvgIpc) is 2.98. The minimum Gasteiger partial charge on any atom is -0.356 e.